The normalized spacial score (nSPS) is 11.8. The van der Waals surface area contributed by atoms with Gasteiger partial charge in [-0.15, -0.1) is 11.3 Å². The van der Waals surface area contributed by atoms with Crippen molar-refractivity contribution in [2.45, 2.75) is 26.9 Å². The number of fused-ring (bicyclic) bond motifs is 1. The maximum Gasteiger partial charge on any atom is 0.191 e. The maximum absolute atomic E-state index is 5.80. The van der Waals surface area contributed by atoms with Gasteiger partial charge in [-0.1, -0.05) is 18.2 Å². The average Bonchev–Trinajstić information content (AvgIpc) is 3.15. The van der Waals surface area contributed by atoms with Crippen molar-refractivity contribution in [2.75, 3.05) is 6.54 Å². The molecule has 0 aliphatic heterocycles. The summed E-state index contributed by atoms with van der Waals surface area (Å²) in [6, 6.07) is 14.4. The molecule has 2 N–H and O–H groups in total. The van der Waals surface area contributed by atoms with E-state index >= 15 is 0 Å². The molecule has 0 aliphatic rings. The van der Waals surface area contributed by atoms with Crippen LogP contribution in [-0.4, -0.2) is 12.5 Å². The van der Waals surface area contributed by atoms with Gasteiger partial charge < -0.3 is 15.1 Å². The minimum atomic E-state index is 0.521. The number of nitrogens with zero attached hydrogens (tertiary/aromatic N) is 1. The van der Waals surface area contributed by atoms with E-state index in [1.807, 2.05) is 24.3 Å². The molecule has 0 saturated carbocycles. The molecule has 120 valence electrons. The summed E-state index contributed by atoms with van der Waals surface area (Å²) in [5.41, 5.74) is 0.907. The van der Waals surface area contributed by atoms with Gasteiger partial charge in [-0.25, -0.2) is 4.99 Å². The molecular weight excluding hydrogens is 306 g/mol. The van der Waals surface area contributed by atoms with Crippen LogP contribution in [0.3, 0.4) is 0 Å². The highest BCUT2D eigenvalue weighted by atomic mass is 32.1. The molecule has 2 aromatic heterocycles. The number of thiophene rings is 1. The zero-order chi connectivity index (χ0) is 16.1. The first-order chi connectivity index (χ1) is 11.2. The van der Waals surface area contributed by atoms with E-state index in [1.54, 1.807) is 11.3 Å². The Morgan fingerprint density at radius 3 is 2.78 bits per heavy atom. The summed E-state index contributed by atoms with van der Waals surface area (Å²) in [6.45, 7) is 6.32. The third-order valence-electron chi connectivity index (χ3n) is 3.44. The van der Waals surface area contributed by atoms with Crippen molar-refractivity contribution in [3.63, 3.8) is 0 Å². The van der Waals surface area contributed by atoms with E-state index in [4.69, 9.17) is 4.42 Å². The second-order valence-electron chi connectivity index (χ2n) is 5.31. The number of benzene rings is 1. The van der Waals surface area contributed by atoms with Gasteiger partial charge >= 0.3 is 0 Å². The second-order valence-corrected chi connectivity index (χ2v) is 6.68. The molecule has 0 bridgehead atoms. The fourth-order valence-electron chi connectivity index (χ4n) is 2.36. The molecule has 5 heteroatoms. The molecule has 1 aromatic carbocycles. The summed E-state index contributed by atoms with van der Waals surface area (Å²) < 4.78 is 5.80. The van der Waals surface area contributed by atoms with Gasteiger partial charge in [0.25, 0.3) is 0 Å². The van der Waals surface area contributed by atoms with Crippen LogP contribution in [0, 0.1) is 6.92 Å². The zero-order valence-electron chi connectivity index (χ0n) is 13.4. The monoisotopic (exact) mass is 327 g/mol. The standard InChI is InChI=1S/C18H21N3OS/c1-3-19-18(21-12-16-9-8-13(2)23-16)20-11-15-10-14-6-4-5-7-17(14)22-15/h4-10H,3,11-12H2,1-2H3,(H2,19,20,21). The van der Waals surface area contributed by atoms with Crippen molar-refractivity contribution >= 4 is 28.3 Å². The molecular formula is C18H21N3OS. The van der Waals surface area contributed by atoms with Crippen LogP contribution in [0.25, 0.3) is 11.0 Å². The predicted molar refractivity (Wildman–Crippen MR) is 96.9 cm³/mol. The number of nitrogens with one attached hydrogen (secondary N) is 2. The molecule has 0 atom stereocenters. The highest BCUT2D eigenvalue weighted by molar-refractivity contribution is 7.11. The fraction of sp³-hybridized carbons (Fsp3) is 0.278. The average molecular weight is 327 g/mol. The Morgan fingerprint density at radius 2 is 2.04 bits per heavy atom. The van der Waals surface area contributed by atoms with Gasteiger partial charge in [0.15, 0.2) is 5.96 Å². The van der Waals surface area contributed by atoms with Gasteiger partial charge in [0.05, 0.1) is 6.54 Å². The molecule has 0 fully saturated rings. The fourth-order valence-corrected chi connectivity index (χ4v) is 3.19. The van der Waals surface area contributed by atoms with Gasteiger partial charge in [0.2, 0.25) is 0 Å². The van der Waals surface area contributed by atoms with Gasteiger partial charge in [-0.3, -0.25) is 0 Å². The summed E-state index contributed by atoms with van der Waals surface area (Å²) in [4.78, 5) is 7.23. The lowest BCUT2D eigenvalue weighted by Crippen LogP contribution is -2.36. The first kappa shape index (κ1) is 15.6. The Bertz CT molecular complexity index is 770. The molecule has 0 radical (unpaired) electrons. The van der Waals surface area contributed by atoms with Crippen LogP contribution < -0.4 is 10.6 Å². The third-order valence-corrected chi connectivity index (χ3v) is 4.44. The topological polar surface area (TPSA) is 49.6 Å². The summed E-state index contributed by atoms with van der Waals surface area (Å²) in [6.07, 6.45) is 0. The van der Waals surface area contributed by atoms with Crippen molar-refractivity contribution in [3.8, 4) is 0 Å². The summed E-state index contributed by atoms with van der Waals surface area (Å²) >= 11 is 1.80. The first-order valence-corrected chi connectivity index (χ1v) is 8.61. The molecule has 23 heavy (non-hydrogen) atoms. The highest BCUT2D eigenvalue weighted by Crippen LogP contribution is 2.19. The van der Waals surface area contributed by atoms with Crippen molar-refractivity contribution in [1.82, 2.24) is 10.6 Å². The highest BCUT2D eigenvalue weighted by Gasteiger charge is 2.04. The quantitative estimate of drug-likeness (QED) is 0.549. The number of guanidine groups is 1. The maximum atomic E-state index is 5.80. The SMILES string of the molecule is CCNC(=NCc1cc2ccccc2o1)NCc1ccc(C)s1. The van der Waals surface area contributed by atoms with Crippen LogP contribution >= 0.6 is 11.3 Å². The smallest absolute Gasteiger partial charge is 0.191 e. The van der Waals surface area contributed by atoms with Crippen LogP contribution in [0.15, 0.2) is 51.9 Å². The molecule has 3 aromatic rings. The van der Waals surface area contributed by atoms with Gasteiger partial charge in [0.1, 0.15) is 17.9 Å². The van der Waals surface area contributed by atoms with Crippen molar-refractivity contribution in [2.24, 2.45) is 4.99 Å². The predicted octanol–water partition coefficient (Wildman–Crippen LogP) is 4.06. The molecule has 0 unspecified atom stereocenters. The van der Waals surface area contributed by atoms with Gasteiger partial charge in [-0.05, 0) is 38.1 Å². The van der Waals surface area contributed by atoms with Crippen LogP contribution in [0.2, 0.25) is 0 Å². The number of hydrogen-bond acceptors (Lipinski definition) is 3. The first-order valence-electron chi connectivity index (χ1n) is 7.79. The van der Waals surface area contributed by atoms with E-state index in [0.29, 0.717) is 6.54 Å². The molecule has 0 spiro atoms. The van der Waals surface area contributed by atoms with Crippen molar-refractivity contribution in [1.29, 1.82) is 0 Å². The van der Waals surface area contributed by atoms with E-state index in [0.717, 1.165) is 35.8 Å². The lowest BCUT2D eigenvalue weighted by Gasteiger charge is -2.09. The number of aliphatic imine (C=N–C) groups is 1. The lowest BCUT2D eigenvalue weighted by molar-refractivity contribution is 0.551. The number of hydrogen-bond donors (Lipinski definition) is 2. The van der Waals surface area contributed by atoms with E-state index in [2.05, 4.69) is 47.7 Å². The Balaban J connectivity index is 1.65. The van der Waals surface area contributed by atoms with Crippen LogP contribution in [0.5, 0.6) is 0 Å². The van der Waals surface area contributed by atoms with Crippen molar-refractivity contribution in [3.05, 3.63) is 58.0 Å². The van der Waals surface area contributed by atoms with E-state index in [9.17, 15) is 0 Å². The molecule has 4 nitrogen and oxygen atoms in total. The molecule has 3 rings (SSSR count). The minimum Gasteiger partial charge on any atom is -0.459 e. The van der Waals surface area contributed by atoms with E-state index in [1.165, 1.54) is 9.75 Å². The van der Waals surface area contributed by atoms with Gasteiger partial charge in [-0.2, -0.15) is 0 Å². The van der Waals surface area contributed by atoms with E-state index in [-0.39, 0.29) is 0 Å². The summed E-state index contributed by atoms with van der Waals surface area (Å²) in [5, 5.41) is 7.74. The zero-order valence-corrected chi connectivity index (χ0v) is 14.2. The Kier molecular flexibility index (Phi) is 4.98. The Hall–Kier alpha value is -2.27. The second kappa shape index (κ2) is 7.33. The number of furan rings is 1. The number of para-hydroxylation sites is 1. The molecule has 0 saturated heterocycles. The lowest BCUT2D eigenvalue weighted by atomic mass is 10.2. The van der Waals surface area contributed by atoms with Crippen LogP contribution in [0.1, 0.15) is 22.4 Å². The molecule has 2 heterocycles. The summed E-state index contributed by atoms with van der Waals surface area (Å²) in [5.74, 6) is 1.68. The Labute approximate surface area is 140 Å². The molecule has 0 aliphatic carbocycles. The van der Waals surface area contributed by atoms with Crippen LogP contribution in [-0.2, 0) is 13.1 Å². The molecule has 0 amide bonds. The van der Waals surface area contributed by atoms with Crippen molar-refractivity contribution < 1.29 is 4.42 Å². The number of rotatable bonds is 5. The largest absolute Gasteiger partial charge is 0.459 e. The summed E-state index contributed by atoms with van der Waals surface area (Å²) in [7, 11) is 0. The van der Waals surface area contributed by atoms with Crippen LogP contribution in [0.4, 0.5) is 0 Å². The minimum absolute atomic E-state index is 0.521. The van der Waals surface area contributed by atoms with E-state index < -0.39 is 0 Å². The third kappa shape index (κ3) is 4.13. The Morgan fingerprint density at radius 1 is 1.17 bits per heavy atom. The van der Waals surface area contributed by atoms with Gasteiger partial charge in [0, 0.05) is 21.7 Å². The number of aryl methyl sites for hydroxylation is 1.